The number of ether oxygens (including phenoxy) is 2. The smallest absolute Gasteiger partial charge is 0.256 e. The van der Waals surface area contributed by atoms with E-state index in [4.69, 9.17) is 9.47 Å². The maximum Gasteiger partial charge on any atom is 0.256 e. The molecule has 0 aliphatic carbocycles. The molecule has 2 atom stereocenters. The Balaban J connectivity index is 2.82. The summed E-state index contributed by atoms with van der Waals surface area (Å²) in [7, 11) is 0. The highest BCUT2D eigenvalue weighted by Gasteiger charge is 2.33. The van der Waals surface area contributed by atoms with Crippen LogP contribution in [0.5, 0.6) is 5.75 Å². The van der Waals surface area contributed by atoms with E-state index in [1.165, 1.54) is 0 Å². The maximum absolute atomic E-state index is 12.9. The van der Waals surface area contributed by atoms with E-state index in [1.807, 2.05) is 32.0 Å². The van der Waals surface area contributed by atoms with Gasteiger partial charge in [0.1, 0.15) is 11.4 Å². The van der Waals surface area contributed by atoms with Crippen LogP contribution >= 0.6 is 0 Å². The maximum atomic E-state index is 12.9. The zero-order valence-electron chi connectivity index (χ0n) is 17.5. The topological polar surface area (TPSA) is 47.6 Å². The molecule has 0 saturated heterocycles. The quantitative estimate of drug-likeness (QED) is 0.472. The number of rotatable bonds is 12. The Morgan fingerprint density at radius 3 is 2.50 bits per heavy atom. The first-order valence-corrected chi connectivity index (χ1v) is 10.1. The van der Waals surface area contributed by atoms with Gasteiger partial charge in [0.25, 0.3) is 5.91 Å². The molecule has 1 amide bonds. The van der Waals surface area contributed by atoms with Gasteiger partial charge in [0.2, 0.25) is 0 Å². The van der Waals surface area contributed by atoms with Crippen LogP contribution in [0.25, 0.3) is 0 Å². The standard InChI is InChI=1S/C22H37NO3/c1-7-10-11-14-22(6,25-15-8-2)21(24)23-19-12-13-20(17(4)16-19)26-18(5)9-3/h12-13,16,18H,7-11,14-15H2,1-6H3,(H,23,24)/t18-,22-/m0/s1. The molecule has 0 heterocycles. The summed E-state index contributed by atoms with van der Waals surface area (Å²) in [6.45, 7) is 12.9. The number of hydrogen-bond donors (Lipinski definition) is 1. The highest BCUT2D eigenvalue weighted by Crippen LogP contribution is 2.26. The largest absolute Gasteiger partial charge is 0.490 e. The summed E-state index contributed by atoms with van der Waals surface area (Å²) >= 11 is 0. The zero-order chi connectivity index (χ0) is 19.6. The Morgan fingerprint density at radius 2 is 1.92 bits per heavy atom. The number of hydrogen-bond acceptors (Lipinski definition) is 3. The Bertz CT molecular complexity index is 558. The second-order valence-corrected chi connectivity index (χ2v) is 7.31. The molecule has 0 unspecified atom stereocenters. The van der Waals surface area contributed by atoms with E-state index in [0.717, 1.165) is 55.5 Å². The molecule has 148 valence electrons. The summed E-state index contributed by atoms with van der Waals surface area (Å²) in [6.07, 6.45) is 6.01. The van der Waals surface area contributed by atoms with Crippen LogP contribution in [-0.2, 0) is 9.53 Å². The summed E-state index contributed by atoms with van der Waals surface area (Å²) < 4.78 is 11.8. The van der Waals surface area contributed by atoms with Gasteiger partial charge in [-0.15, -0.1) is 0 Å². The molecule has 0 bridgehead atoms. The number of benzene rings is 1. The van der Waals surface area contributed by atoms with Crippen molar-refractivity contribution in [3.63, 3.8) is 0 Å². The highest BCUT2D eigenvalue weighted by atomic mass is 16.5. The van der Waals surface area contributed by atoms with Gasteiger partial charge < -0.3 is 14.8 Å². The number of nitrogens with one attached hydrogen (secondary N) is 1. The molecule has 4 heteroatoms. The number of anilines is 1. The van der Waals surface area contributed by atoms with E-state index >= 15 is 0 Å². The van der Waals surface area contributed by atoms with Crippen LogP contribution in [0.4, 0.5) is 5.69 Å². The van der Waals surface area contributed by atoms with E-state index in [1.54, 1.807) is 0 Å². The molecule has 1 aromatic rings. The van der Waals surface area contributed by atoms with Gasteiger partial charge in [-0.25, -0.2) is 0 Å². The van der Waals surface area contributed by atoms with Crippen LogP contribution in [0.2, 0.25) is 0 Å². The summed E-state index contributed by atoms with van der Waals surface area (Å²) in [4.78, 5) is 12.9. The summed E-state index contributed by atoms with van der Waals surface area (Å²) in [6, 6.07) is 5.79. The molecule has 0 fully saturated rings. The fourth-order valence-electron chi connectivity index (χ4n) is 2.71. The zero-order valence-corrected chi connectivity index (χ0v) is 17.5. The molecule has 4 nitrogen and oxygen atoms in total. The number of carbonyl (C=O) groups is 1. The Morgan fingerprint density at radius 1 is 1.19 bits per heavy atom. The molecule has 0 aliphatic heterocycles. The second-order valence-electron chi connectivity index (χ2n) is 7.31. The Hall–Kier alpha value is -1.55. The summed E-state index contributed by atoms with van der Waals surface area (Å²) in [5, 5.41) is 3.03. The average molecular weight is 364 g/mol. The number of carbonyl (C=O) groups excluding carboxylic acids is 1. The average Bonchev–Trinajstić information content (AvgIpc) is 2.62. The number of aryl methyl sites for hydroxylation is 1. The lowest BCUT2D eigenvalue weighted by atomic mass is 9.96. The lowest BCUT2D eigenvalue weighted by molar-refractivity contribution is -0.140. The molecule has 0 radical (unpaired) electrons. The van der Waals surface area contributed by atoms with Crippen molar-refractivity contribution < 1.29 is 14.3 Å². The fraction of sp³-hybridized carbons (Fsp3) is 0.682. The van der Waals surface area contributed by atoms with Gasteiger partial charge in [0.05, 0.1) is 6.10 Å². The predicted octanol–water partition coefficient (Wildman–Crippen LogP) is 5.88. The lowest BCUT2D eigenvalue weighted by Gasteiger charge is -2.29. The van der Waals surface area contributed by atoms with Gasteiger partial charge in [-0.3, -0.25) is 4.79 Å². The lowest BCUT2D eigenvalue weighted by Crippen LogP contribution is -2.43. The molecular weight excluding hydrogens is 326 g/mol. The molecule has 1 rings (SSSR count). The van der Waals surface area contributed by atoms with Crippen LogP contribution in [0.1, 0.15) is 78.7 Å². The van der Waals surface area contributed by atoms with Crippen molar-refractivity contribution in [2.24, 2.45) is 0 Å². The van der Waals surface area contributed by atoms with Gasteiger partial charge in [-0.05, 0) is 63.8 Å². The molecule has 1 aromatic carbocycles. The second kappa shape index (κ2) is 11.2. The van der Waals surface area contributed by atoms with Gasteiger partial charge in [0.15, 0.2) is 0 Å². The van der Waals surface area contributed by atoms with Crippen molar-refractivity contribution in [3.05, 3.63) is 23.8 Å². The monoisotopic (exact) mass is 363 g/mol. The summed E-state index contributed by atoms with van der Waals surface area (Å²) in [5.74, 6) is 0.794. The minimum absolute atomic E-state index is 0.0722. The van der Waals surface area contributed by atoms with E-state index < -0.39 is 5.60 Å². The third-order valence-corrected chi connectivity index (χ3v) is 4.70. The van der Waals surface area contributed by atoms with Gasteiger partial charge in [-0.1, -0.05) is 40.0 Å². The van der Waals surface area contributed by atoms with Crippen molar-refractivity contribution in [2.45, 2.75) is 91.8 Å². The number of amides is 1. The van der Waals surface area contributed by atoms with E-state index in [0.29, 0.717) is 6.61 Å². The molecule has 0 aromatic heterocycles. The predicted molar refractivity (Wildman–Crippen MR) is 109 cm³/mol. The van der Waals surface area contributed by atoms with E-state index in [9.17, 15) is 4.79 Å². The van der Waals surface area contributed by atoms with Crippen LogP contribution in [0.3, 0.4) is 0 Å². The summed E-state index contributed by atoms with van der Waals surface area (Å²) in [5.41, 5.74) is 1.02. The van der Waals surface area contributed by atoms with Gasteiger partial charge in [-0.2, -0.15) is 0 Å². The molecule has 0 saturated carbocycles. The van der Waals surface area contributed by atoms with Crippen molar-refractivity contribution in [1.29, 1.82) is 0 Å². The van der Waals surface area contributed by atoms with Crippen LogP contribution < -0.4 is 10.1 Å². The Kier molecular flexibility index (Phi) is 9.71. The molecule has 0 aliphatic rings. The SMILES string of the molecule is CCCCC[C@](C)(OCCC)C(=O)Nc1ccc(O[C@@H](C)CC)c(C)c1. The first kappa shape index (κ1) is 22.5. The van der Waals surface area contributed by atoms with Crippen LogP contribution in [-0.4, -0.2) is 24.2 Å². The molecular formula is C22H37NO3. The highest BCUT2D eigenvalue weighted by molar-refractivity contribution is 5.97. The van der Waals surface area contributed by atoms with Crippen LogP contribution in [0, 0.1) is 6.92 Å². The van der Waals surface area contributed by atoms with Crippen molar-refractivity contribution in [3.8, 4) is 5.75 Å². The third kappa shape index (κ3) is 6.99. The minimum atomic E-state index is -0.787. The van der Waals surface area contributed by atoms with Crippen molar-refractivity contribution >= 4 is 11.6 Å². The molecule has 0 spiro atoms. The van der Waals surface area contributed by atoms with E-state index in [-0.39, 0.29) is 12.0 Å². The molecule has 26 heavy (non-hydrogen) atoms. The Labute approximate surface area is 159 Å². The normalized spacial score (nSPS) is 14.5. The third-order valence-electron chi connectivity index (χ3n) is 4.70. The first-order valence-electron chi connectivity index (χ1n) is 10.1. The minimum Gasteiger partial charge on any atom is -0.490 e. The van der Waals surface area contributed by atoms with Gasteiger partial charge >= 0.3 is 0 Å². The van der Waals surface area contributed by atoms with Crippen LogP contribution in [0.15, 0.2) is 18.2 Å². The van der Waals surface area contributed by atoms with Crippen molar-refractivity contribution in [1.82, 2.24) is 0 Å². The van der Waals surface area contributed by atoms with Gasteiger partial charge in [0, 0.05) is 12.3 Å². The van der Waals surface area contributed by atoms with E-state index in [2.05, 4.69) is 33.0 Å². The first-order chi connectivity index (χ1) is 12.4. The van der Waals surface area contributed by atoms with Crippen molar-refractivity contribution in [2.75, 3.05) is 11.9 Å². The number of unbranched alkanes of at least 4 members (excludes halogenated alkanes) is 2. The molecule has 1 N–H and O–H groups in total. The fourth-order valence-corrected chi connectivity index (χ4v) is 2.71.